The highest BCUT2D eigenvalue weighted by atomic mass is 19.4. The van der Waals surface area contributed by atoms with E-state index in [0.29, 0.717) is 49.4 Å². The van der Waals surface area contributed by atoms with Gasteiger partial charge in [-0.25, -0.2) is 9.97 Å². The van der Waals surface area contributed by atoms with Crippen LogP contribution in [0, 0.1) is 5.92 Å². The minimum absolute atomic E-state index is 0.0174. The Bertz CT molecular complexity index is 1900. The number of halogens is 6. The van der Waals surface area contributed by atoms with Gasteiger partial charge in [0.05, 0.1) is 47.4 Å². The third kappa shape index (κ3) is 8.13. The summed E-state index contributed by atoms with van der Waals surface area (Å²) in [5, 5.41) is 11.0. The lowest BCUT2D eigenvalue weighted by Gasteiger charge is -2.33. The summed E-state index contributed by atoms with van der Waals surface area (Å²) in [5.74, 6) is -1.36. The summed E-state index contributed by atoms with van der Waals surface area (Å²) in [6.45, 7) is 0.392. The van der Waals surface area contributed by atoms with E-state index < -0.39 is 48.1 Å². The molecule has 1 unspecified atom stereocenters. The van der Waals surface area contributed by atoms with E-state index in [4.69, 9.17) is 4.74 Å². The zero-order chi connectivity index (χ0) is 35.5. The van der Waals surface area contributed by atoms with Crippen LogP contribution in [-0.2, 0) is 35.0 Å². The third-order valence-electron chi connectivity index (χ3n) is 8.53. The fourth-order valence-corrected chi connectivity index (χ4v) is 5.90. The minimum Gasteiger partial charge on any atom is -0.481 e. The molecule has 0 saturated carbocycles. The van der Waals surface area contributed by atoms with E-state index >= 15 is 0 Å². The summed E-state index contributed by atoms with van der Waals surface area (Å²) in [6.07, 6.45) is -5.82. The van der Waals surface area contributed by atoms with Gasteiger partial charge in [0.2, 0.25) is 5.95 Å². The first-order valence-corrected chi connectivity index (χ1v) is 15.7. The highest BCUT2D eigenvalue weighted by Gasteiger charge is 2.38. The van der Waals surface area contributed by atoms with E-state index in [0.717, 1.165) is 16.3 Å². The molecule has 0 spiro atoms. The van der Waals surface area contributed by atoms with Gasteiger partial charge >= 0.3 is 18.3 Å². The number of alkyl halides is 6. The molecule has 3 heterocycles. The van der Waals surface area contributed by atoms with Crippen molar-refractivity contribution in [3.63, 3.8) is 0 Å². The summed E-state index contributed by atoms with van der Waals surface area (Å²) in [6, 6.07) is 19.6. The molecule has 5 aromatic rings. The third-order valence-corrected chi connectivity index (χ3v) is 8.53. The first kappa shape index (κ1) is 34.6. The highest BCUT2D eigenvalue weighted by molar-refractivity contribution is 5.81. The normalized spacial score (nSPS) is 14.9. The summed E-state index contributed by atoms with van der Waals surface area (Å²) in [4.78, 5) is 28.4. The molecule has 8 nitrogen and oxygen atoms in total. The van der Waals surface area contributed by atoms with Gasteiger partial charge in [0.15, 0.2) is 6.23 Å². The molecule has 0 aliphatic carbocycles. The second-order valence-corrected chi connectivity index (χ2v) is 12.0. The smallest absolute Gasteiger partial charge is 0.416 e. The van der Waals surface area contributed by atoms with Crippen LogP contribution in [0.5, 0.6) is 0 Å². The van der Waals surface area contributed by atoms with Crippen molar-refractivity contribution < 1.29 is 41.0 Å². The number of benzene rings is 3. The molecule has 1 fully saturated rings. The van der Waals surface area contributed by atoms with Gasteiger partial charge in [0, 0.05) is 31.2 Å². The number of fused-ring (bicyclic) bond motifs is 1. The molecule has 2 aromatic heterocycles. The number of piperidine rings is 1. The van der Waals surface area contributed by atoms with Gasteiger partial charge in [-0.2, -0.15) is 26.3 Å². The number of rotatable bonds is 10. The molecule has 1 atom stereocenters. The number of aromatic nitrogens is 3. The molecule has 1 aliphatic heterocycles. The number of hydrogen-bond donors (Lipinski definition) is 1. The van der Waals surface area contributed by atoms with Gasteiger partial charge < -0.3 is 19.6 Å². The Morgan fingerprint density at radius 2 is 1.40 bits per heavy atom. The predicted octanol–water partition coefficient (Wildman–Crippen LogP) is 8.29. The molecule has 50 heavy (non-hydrogen) atoms. The second kappa shape index (κ2) is 14.3. The monoisotopic (exact) mass is 695 g/mol. The number of carboxylic acid groups (broad SMARTS) is 1. The zero-order valence-corrected chi connectivity index (χ0v) is 26.4. The van der Waals surface area contributed by atoms with E-state index in [1.54, 1.807) is 12.3 Å². The Hall–Kier alpha value is -5.24. The van der Waals surface area contributed by atoms with E-state index in [1.807, 2.05) is 59.5 Å². The number of carboxylic acids is 1. The molecule has 1 saturated heterocycles. The SMILES string of the molecule is O=C(O)C1CCN(c2cnc(N(Cc3cc(C(F)(F)F)cc(C(F)(F)F)c3)C(OCc3ccccc3)c3cc4ccccc4cn3)nc2)CC1. The lowest BCUT2D eigenvalue weighted by molar-refractivity contribution is -0.144. The van der Waals surface area contributed by atoms with Crippen LogP contribution >= 0.6 is 0 Å². The fourth-order valence-electron chi connectivity index (χ4n) is 5.90. The van der Waals surface area contributed by atoms with E-state index in [9.17, 15) is 36.2 Å². The second-order valence-electron chi connectivity index (χ2n) is 12.0. The van der Waals surface area contributed by atoms with Gasteiger partial charge in [-0.05, 0) is 53.6 Å². The van der Waals surface area contributed by atoms with E-state index in [-0.39, 0.29) is 24.2 Å². The Balaban J connectivity index is 1.44. The molecule has 3 aromatic carbocycles. The summed E-state index contributed by atoms with van der Waals surface area (Å²) >= 11 is 0. The molecule has 6 rings (SSSR count). The van der Waals surface area contributed by atoms with E-state index in [2.05, 4.69) is 15.0 Å². The van der Waals surface area contributed by atoms with Gasteiger partial charge in [0.1, 0.15) is 0 Å². The van der Waals surface area contributed by atoms with Crippen LogP contribution in [0.2, 0.25) is 0 Å². The first-order valence-electron chi connectivity index (χ1n) is 15.7. The highest BCUT2D eigenvalue weighted by Crippen LogP contribution is 2.38. The van der Waals surface area contributed by atoms with Crippen molar-refractivity contribution in [3.05, 3.63) is 125 Å². The zero-order valence-electron chi connectivity index (χ0n) is 26.4. The summed E-state index contributed by atoms with van der Waals surface area (Å²) < 4.78 is 89.7. The summed E-state index contributed by atoms with van der Waals surface area (Å²) in [7, 11) is 0. The lowest BCUT2D eigenvalue weighted by atomic mass is 9.97. The number of carbonyl (C=O) groups is 1. The van der Waals surface area contributed by atoms with Crippen LogP contribution < -0.4 is 9.80 Å². The molecule has 1 N–H and O–H groups in total. The molecule has 260 valence electrons. The summed E-state index contributed by atoms with van der Waals surface area (Å²) in [5.41, 5.74) is -1.53. The maximum Gasteiger partial charge on any atom is 0.416 e. The number of nitrogens with zero attached hydrogens (tertiary/aromatic N) is 5. The van der Waals surface area contributed by atoms with Crippen LogP contribution in [0.3, 0.4) is 0 Å². The largest absolute Gasteiger partial charge is 0.481 e. The molecule has 1 aliphatic rings. The minimum atomic E-state index is -5.05. The Kier molecular flexibility index (Phi) is 9.91. The number of hydrogen-bond acceptors (Lipinski definition) is 7. The van der Waals surface area contributed by atoms with Crippen molar-refractivity contribution in [2.24, 2.45) is 5.92 Å². The quantitative estimate of drug-likeness (QED) is 0.115. The van der Waals surface area contributed by atoms with Crippen LogP contribution in [0.4, 0.5) is 38.0 Å². The Labute approximate surface area is 283 Å². The maximum absolute atomic E-state index is 13.9. The Morgan fingerprint density at radius 3 is 2.00 bits per heavy atom. The molecule has 0 radical (unpaired) electrons. The van der Waals surface area contributed by atoms with Crippen LogP contribution in [0.1, 0.15) is 47.0 Å². The van der Waals surface area contributed by atoms with Gasteiger partial charge in [-0.3, -0.25) is 9.78 Å². The number of anilines is 2. The molecule has 0 bridgehead atoms. The van der Waals surface area contributed by atoms with E-state index in [1.165, 1.54) is 17.3 Å². The van der Waals surface area contributed by atoms with Crippen molar-refractivity contribution >= 4 is 28.4 Å². The maximum atomic E-state index is 13.9. The molecular weight excluding hydrogens is 664 g/mol. The fraction of sp³-hybridized carbons (Fsp3) is 0.278. The first-order chi connectivity index (χ1) is 23.8. The van der Waals surface area contributed by atoms with Crippen molar-refractivity contribution in [1.82, 2.24) is 15.0 Å². The van der Waals surface area contributed by atoms with Gasteiger partial charge in [-0.15, -0.1) is 0 Å². The van der Waals surface area contributed by atoms with Crippen LogP contribution in [0.25, 0.3) is 10.8 Å². The van der Waals surface area contributed by atoms with Gasteiger partial charge in [-0.1, -0.05) is 54.6 Å². The van der Waals surface area contributed by atoms with Crippen molar-refractivity contribution in [3.8, 4) is 0 Å². The lowest BCUT2D eigenvalue weighted by Crippen LogP contribution is -2.36. The molecule has 0 amide bonds. The average molecular weight is 696 g/mol. The standard InChI is InChI=1S/C36H31F6N5O3/c37-35(38,39)28-14-24(15-29(17-28)36(40,41)42)21-47(34-44-19-30(20-45-34)46-12-10-25(11-13-46)33(48)49)32(50-22-23-6-2-1-3-7-23)31-16-26-8-4-5-9-27(26)18-43-31/h1-9,14-20,25,32H,10-13,21-22H2,(H,48,49). The Morgan fingerprint density at radius 1 is 0.800 bits per heavy atom. The molecule has 14 heteroatoms. The van der Waals surface area contributed by atoms with Crippen molar-refractivity contribution in [1.29, 1.82) is 0 Å². The van der Waals surface area contributed by atoms with Crippen LogP contribution in [0.15, 0.2) is 97.5 Å². The van der Waals surface area contributed by atoms with Crippen molar-refractivity contribution in [2.45, 2.75) is 44.6 Å². The number of pyridine rings is 1. The van der Waals surface area contributed by atoms with Gasteiger partial charge in [0.25, 0.3) is 0 Å². The van der Waals surface area contributed by atoms with Crippen LogP contribution in [-0.4, -0.2) is 39.1 Å². The number of aliphatic carboxylic acids is 1. The predicted molar refractivity (Wildman–Crippen MR) is 173 cm³/mol. The number of ether oxygens (including phenoxy) is 1. The average Bonchev–Trinajstić information content (AvgIpc) is 3.11. The topological polar surface area (TPSA) is 91.7 Å². The van der Waals surface area contributed by atoms with Crippen molar-refractivity contribution in [2.75, 3.05) is 22.9 Å². The molecular formula is C36H31F6N5O3.